The highest BCUT2D eigenvalue weighted by Crippen LogP contribution is 2.26. The molecule has 0 amide bonds. The molecule has 0 aliphatic carbocycles. The van der Waals surface area contributed by atoms with E-state index in [1.807, 2.05) is 84.9 Å². The molecule has 6 heteroatoms. The lowest BCUT2D eigenvalue weighted by atomic mass is 10.2. The van der Waals surface area contributed by atoms with Crippen LogP contribution in [0, 0.1) is 0 Å². The van der Waals surface area contributed by atoms with Crippen molar-refractivity contribution in [1.29, 1.82) is 0 Å². The Hall–Kier alpha value is -4.22. The number of benzene rings is 4. The van der Waals surface area contributed by atoms with Crippen LogP contribution in [0.15, 0.2) is 113 Å². The summed E-state index contributed by atoms with van der Waals surface area (Å²) in [7, 11) is 0. The molecular formula is C28H20ClN3O2. The first-order valence-electron chi connectivity index (χ1n) is 10.8. The Morgan fingerprint density at radius 1 is 0.882 bits per heavy atom. The van der Waals surface area contributed by atoms with Gasteiger partial charge in [0, 0.05) is 5.56 Å². The third-order valence-corrected chi connectivity index (χ3v) is 5.60. The molecule has 1 heterocycles. The molecule has 0 radical (unpaired) electrons. The van der Waals surface area contributed by atoms with Gasteiger partial charge in [0.2, 0.25) is 0 Å². The average Bonchev–Trinajstić information content (AvgIpc) is 2.88. The third kappa shape index (κ3) is 4.60. The molecule has 0 bridgehead atoms. The topological polar surface area (TPSA) is 56.5 Å². The van der Waals surface area contributed by atoms with Crippen LogP contribution in [0.2, 0.25) is 5.02 Å². The Kier molecular flexibility index (Phi) is 6.19. The summed E-state index contributed by atoms with van der Waals surface area (Å²) in [5, 5.41) is 5.45. The molecule has 0 aliphatic rings. The summed E-state index contributed by atoms with van der Waals surface area (Å²) in [6.07, 6.45) is 1.59. The number of para-hydroxylation sites is 1. The zero-order chi connectivity index (χ0) is 23.3. The van der Waals surface area contributed by atoms with Gasteiger partial charge in [-0.05, 0) is 41.5 Å². The lowest BCUT2D eigenvalue weighted by Crippen LogP contribution is -2.20. The van der Waals surface area contributed by atoms with Crippen LogP contribution in [-0.2, 0) is 6.61 Å². The highest BCUT2D eigenvalue weighted by atomic mass is 35.5. The van der Waals surface area contributed by atoms with Crippen LogP contribution >= 0.6 is 11.6 Å². The Morgan fingerprint density at radius 2 is 1.59 bits per heavy atom. The van der Waals surface area contributed by atoms with Gasteiger partial charge in [0.1, 0.15) is 12.4 Å². The highest BCUT2D eigenvalue weighted by molar-refractivity contribution is 6.32. The Bertz CT molecular complexity index is 1530. The molecule has 5 rings (SSSR count). The number of halogens is 1. The first-order chi connectivity index (χ1) is 16.7. The van der Waals surface area contributed by atoms with Gasteiger partial charge in [-0.1, -0.05) is 84.4 Å². The van der Waals surface area contributed by atoms with Crippen LogP contribution in [0.25, 0.3) is 22.3 Å². The van der Waals surface area contributed by atoms with Crippen molar-refractivity contribution in [3.05, 3.63) is 130 Å². The van der Waals surface area contributed by atoms with Crippen LogP contribution in [0.5, 0.6) is 5.75 Å². The number of ether oxygens (including phenoxy) is 1. The van der Waals surface area contributed by atoms with E-state index in [2.05, 4.69) is 5.10 Å². The highest BCUT2D eigenvalue weighted by Gasteiger charge is 2.12. The number of hydrogen-bond acceptors (Lipinski definition) is 4. The second-order valence-corrected chi connectivity index (χ2v) is 8.05. The van der Waals surface area contributed by atoms with Gasteiger partial charge in [-0.25, -0.2) is 4.98 Å². The van der Waals surface area contributed by atoms with Crippen molar-refractivity contribution in [3.8, 4) is 17.1 Å². The molecule has 0 unspecified atom stereocenters. The van der Waals surface area contributed by atoms with E-state index in [1.165, 1.54) is 4.68 Å². The van der Waals surface area contributed by atoms with Crippen molar-refractivity contribution in [2.45, 2.75) is 6.61 Å². The van der Waals surface area contributed by atoms with Crippen molar-refractivity contribution in [1.82, 2.24) is 9.66 Å². The molecule has 0 N–H and O–H groups in total. The summed E-state index contributed by atoms with van der Waals surface area (Å²) < 4.78 is 7.17. The van der Waals surface area contributed by atoms with Crippen molar-refractivity contribution < 1.29 is 4.74 Å². The Labute approximate surface area is 201 Å². The molecule has 5 nitrogen and oxygen atoms in total. The number of hydrogen-bond donors (Lipinski definition) is 0. The Balaban J connectivity index is 1.47. The summed E-state index contributed by atoms with van der Waals surface area (Å²) in [5.74, 6) is 1.05. The van der Waals surface area contributed by atoms with E-state index in [0.29, 0.717) is 34.1 Å². The van der Waals surface area contributed by atoms with Crippen LogP contribution in [-0.4, -0.2) is 15.9 Å². The van der Waals surface area contributed by atoms with Crippen LogP contribution in [0.3, 0.4) is 0 Å². The summed E-state index contributed by atoms with van der Waals surface area (Å²) in [6, 6.07) is 32.1. The molecule has 0 aliphatic heterocycles. The summed E-state index contributed by atoms with van der Waals surface area (Å²) >= 11 is 6.45. The molecule has 0 saturated carbocycles. The lowest BCUT2D eigenvalue weighted by molar-refractivity contribution is 0.306. The molecular weight excluding hydrogens is 446 g/mol. The number of fused-ring (bicyclic) bond motifs is 1. The number of aromatic nitrogens is 2. The van der Waals surface area contributed by atoms with Gasteiger partial charge >= 0.3 is 0 Å². The first kappa shape index (κ1) is 21.6. The van der Waals surface area contributed by atoms with Crippen molar-refractivity contribution in [3.63, 3.8) is 0 Å². The van der Waals surface area contributed by atoms with Gasteiger partial charge in [0.25, 0.3) is 5.56 Å². The maximum absolute atomic E-state index is 13.2. The van der Waals surface area contributed by atoms with Gasteiger partial charge in [-0.3, -0.25) is 4.79 Å². The summed E-state index contributed by atoms with van der Waals surface area (Å²) in [6.45, 7) is 0.423. The van der Waals surface area contributed by atoms with Gasteiger partial charge in [0.15, 0.2) is 5.82 Å². The molecule has 5 aromatic rings. The number of nitrogens with zero attached hydrogens (tertiary/aromatic N) is 3. The maximum Gasteiger partial charge on any atom is 0.282 e. The largest absolute Gasteiger partial charge is 0.487 e. The van der Waals surface area contributed by atoms with Gasteiger partial charge in [0.05, 0.1) is 22.1 Å². The van der Waals surface area contributed by atoms with Crippen molar-refractivity contribution in [2.24, 2.45) is 5.10 Å². The lowest BCUT2D eigenvalue weighted by Gasteiger charge is -2.10. The zero-order valence-corrected chi connectivity index (χ0v) is 18.9. The summed E-state index contributed by atoms with van der Waals surface area (Å²) in [5.41, 5.74) is 2.97. The van der Waals surface area contributed by atoms with E-state index in [9.17, 15) is 4.79 Å². The van der Waals surface area contributed by atoms with Crippen LogP contribution in [0.4, 0.5) is 0 Å². The van der Waals surface area contributed by atoms with E-state index >= 15 is 0 Å². The standard InChI is InChI=1S/C28H20ClN3O2/c29-24-17-21(15-16-26(24)34-19-20-9-3-1-4-10-20)18-30-32-27(22-11-5-2-6-12-22)31-25-14-8-7-13-23(25)28(32)33/h1-18H,19H2. The predicted octanol–water partition coefficient (Wildman–Crippen LogP) is 6.18. The average molecular weight is 466 g/mol. The van der Waals surface area contributed by atoms with Crippen LogP contribution in [0.1, 0.15) is 11.1 Å². The van der Waals surface area contributed by atoms with E-state index < -0.39 is 0 Å². The first-order valence-corrected chi connectivity index (χ1v) is 11.1. The second kappa shape index (κ2) is 9.73. The van der Waals surface area contributed by atoms with Gasteiger partial charge in [-0.15, -0.1) is 0 Å². The molecule has 0 fully saturated rings. The van der Waals surface area contributed by atoms with Gasteiger partial charge in [-0.2, -0.15) is 9.78 Å². The van der Waals surface area contributed by atoms with Crippen molar-refractivity contribution >= 4 is 28.7 Å². The Morgan fingerprint density at radius 3 is 2.35 bits per heavy atom. The van der Waals surface area contributed by atoms with E-state index in [1.54, 1.807) is 24.4 Å². The predicted molar refractivity (Wildman–Crippen MR) is 137 cm³/mol. The van der Waals surface area contributed by atoms with E-state index in [0.717, 1.165) is 16.7 Å². The van der Waals surface area contributed by atoms with E-state index in [4.69, 9.17) is 21.3 Å². The fraction of sp³-hybridized carbons (Fsp3) is 0.0357. The third-order valence-electron chi connectivity index (χ3n) is 5.30. The summed E-state index contributed by atoms with van der Waals surface area (Å²) in [4.78, 5) is 18.0. The second-order valence-electron chi connectivity index (χ2n) is 7.64. The van der Waals surface area contributed by atoms with Crippen molar-refractivity contribution in [2.75, 3.05) is 0 Å². The molecule has 0 atom stereocenters. The van der Waals surface area contributed by atoms with E-state index in [-0.39, 0.29) is 5.56 Å². The molecule has 0 saturated heterocycles. The number of rotatable bonds is 6. The maximum atomic E-state index is 13.2. The minimum Gasteiger partial charge on any atom is -0.487 e. The molecule has 166 valence electrons. The normalized spacial score (nSPS) is 11.2. The molecule has 4 aromatic carbocycles. The fourth-order valence-electron chi connectivity index (χ4n) is 3.58. The molecule has 1 aromatic heterocycles. The van der Waals surface area contributed by atoms with Crippen LogP contribution < -0.4 is 10.3 Å². The minimum absolute atomic E-state index is 0.241. The smallest absolute Gasteiger partial charge is 0.282 e. The molecule has 0 spiro atoms. The monoisotopic (exact) mass is 465 g/mol. The minimum atomic E-state index is -0.241. The zero-order valence-electron chi connectivity index (χ0n) is 18.1. The fourth-order valence-corrected chi connectivity index (χ4v) is 3.82. The quantitative estimate of drug-likeness (QED) is 0.281. The SMILES string of the molecule is O=c1c2ccccc2nc(-c2ccccc2)n1N=Cc1ccc(OCc2ccccc2)c(Cl)c1. The molecule has 34 heavy (non-hydrogen) atoms. The van der Waals surface area contributed by atoms with Gasteiger partial charge < -0.3 is 4.74 Å².